The van der Waals surface area contributed by atoms with E-state index >= 15 is 0 Å². The van der Waals surface area contributed by atoms with Crippen molar-refractivity contribution in [3.05, 3.63) is 23.8 Å². The zero-order valence-corrected chi connectivity index (χ0v) is 11.6. The highest BCUT2D eigenvalue weighted by Gasteiger charge is 2.37. The quantitative estimate of drug-likeness (QED) is 0.848. The molecule has 0 amide bonds. The maximum Gasteiger partial charge on any atom is 0.186 e. The van der Waals surface area contributed by atoms with Gasteiger partial charge in [-0.2, -0.15) is 0 Å². The van der Waals surface area contributed by atoms with Crippen molar-refractivity contribution in [3.8, 4) is 11.5 Å². The number of Topliss-reactive ketones (excluding diaryl/α,β-unsaturated/α-hetero) is 1. The summed E-state index contributed by atoms with van der Waals surface area (Å²) in [4.78, 5) is 12.7. The van der Waals surface area contributed by atoms with E-state index in [1.54, 1.807) is 32.4 Å². The van der Waals surface area contributed by atoms with Gasteiger partial charge in [-0.3, -0.25) is 4.79 Å². The molecule has 2 N–H and O–H groups in total. The lowest BCUT2D eigenvalue weighted by Gasteiger charge is -2.32. The zero-order valence-electron chi connectivity index (χ0n) is 11.6. The van der Waals surface area contributed by atoms with Gasteiger partial charge in [-0.1, -0.05) is 19.3 Å². The van der Waals surface area contributed by atoms with Crippen molar-refractivity contribution in [2.24, 2.45) is 5.73 Å². The average molecular weight is 263 g/mol. The van der Waals surface area contributed by atoms with Crippen LogP contribution in [0.3, 0.4) is 0 Å². The molecule has 1 saturated carbocycles. The first-order valence-corrected chi connectivity index (χ1v) is 6.66. The Hall–Kier alpha value is -1.55. The lowest BCUT2D eigenvalue weighted by atomic mass is 9.77. The highest BCUT2D eigenvalue weighted by Crippen LogP contribution is 2.33. The van der Waals surface area contributed by atoms with E-state index in [2.05, 4.69) is 0 Å². The number of ether oxygens (including phenoxy) is 2. The Labute approximate surface area is 113 Å². The third-order valence-electron chi connectivity index (χ3n) is 3.85. The molecular weight excluding hydrogens is 242 g/mol. The van der Waals surface area contributed by atoms with Crippen molar-refractivity contribution in [2.45, 2.75) is 37.6 Å². The molecular formula is C15H21NO3. The molecule has 1 aliphatic rings. The molecule has 0 aromatic heterocycles. The molecule has 0 saturated heterocycles. The molecule has 104 valence electrons. The number of hydrogen-bond acceptors (Lipinski definition) is 4. The number of rotatable bonds is 4. The van der Waals surface area contributed by atoms with E-state index in [1.807, 2.05) is 0 Å². The highest BCUT2D eigenvalue weighted by atomic mass is 16.5. The Bertz CT molecular complexity index is 464. The molecule has 0 radical (unpaired) electrons. The number of ketones is 1. The van der Waals surface area contributed by atoms with Gasteiger partial charge in [0.1, 0.15) is 11.5 Å². The van der Waals surface area contributed by atoms with Crippen molar-refractivity contribution < 1.29 is 14.3 Å². The van der Waals surface area contributed by atoms with Gasteiger partial charge >= 0.3 is 0 Å². The van der Waals surface area contributed by atoms with Gasteiger partial charge in [0.05, 0.1) is 25.3 Å². The number of carbonyl (C=O) groups excluding carboxylic acids is 1. The summed E-state index contributed by atoms with van der Waals surface area (Å²) in [5, 5.41) is 0. The summed E-state index contributed by atoms with van der Waals surface area (Å²) in [5.41, 5.74) is 6.07. The van der Waals surface area contributed by atoms with Gasteiger partial charge in [0.15, 0.2) is 5.78 Å². The molecule has 19 heavy (non-hydrogen) atoms. The lowest BCUT2D eigenvalue weighted by Crippen LogP contribution is -2.49. The molecule has 1 aromatic carbocycles. The van der Waals surface area contributed by atoms with Crippen LogP contribution in [0.5, 0.6) is 11.5 Å². The van der Waals surface area contributed by atoms with Gasteiger partial charge in [0.25, 0.3) is 0 Å². The molecule has 1 aromatic rings. The van der Waals surface area contributed by atoms with Crippen molar-refractivity contribution in [1.29, 1.82) is 0 Å². The van der Waals surface area contributed by atoms with Gasteiger partial charge in [0.2, 0.25) is 0 Å². The monoisotopic (exact) mass is 263 g/mol. The number of nitrogens with two attached hydrogens (primary N) is 1. The Morgan fingerprint density at radius 1 is 1.16 bits per heavy atom. The number of carbonyl (C=O) groups is 1. The van der Waals surface area contributed by atoms with Crippen molar-refractivity contribution in [2.75, 3.05) is 14.2 Å². The van der Waals surface area contributed by atoms with E-state index in [9.17, 15) is 4.79 Å². The largest absolute Gasteiger partial charge is 0.497 e. The van der Waals surface area contributed by atoms with Crippen LogP contribution in [0.25, 0.3) is 0 Å². The van der Waals surface area contributed by atoms with Crippen molar-refractivity contribution in [1.82, 2.24) is 0 Å². The fraction of sp³-hybridized carbons (Fsp3) is 0.533. The molecule has 2 rings (SSSR count). The summed E-state index contributed by atoms with van der Waals surface area (Å²) in [6.07, 6.45) is 4.66. The van der Waals surface area contributed by atoms with Crippen LogP contribution in [0, 0.1) is 0 Å². The van der Waals surface area contributed by atoms with E-state index in [-0.39, 0.29) is 5.78 Å². The van der Waals surface area contributed by atoms with Crippen LogP contribution >= 0.6 is 0 Å². The van der Waals surface area contributed by atoms with Crippen LogP contribution in [0.15, 0.2) is 18.2 Å². The van der Waals surface area contributed by atoms with Crippen LogP contribution in [-0.2, 0) is 0 Å². The normalized spacial score (nSPS) is 17.8. The van der Waals surface area contributed by atoms with E-state index < -0.39 is 5.54 Å². The lowest BCUT2D eigenvalue weighted by molar-refractivity contribution is 0.0844. The predicted octanol–water partition coefficient (Wildman–Crippen LogP) is 2.55. The molecule has 1 fully saturated rings. The molecule has 0 aliphatic heterocycles. The Morgan fingerprint density at radius 3 is 2.42 bits per heavy atom. The number of hydrogen-bond donors (Lipinski definition) is 1. The third-order valence-corrected chi connectivity index (χ3v) is 3.85. The molecule has 0 bridgehead atoms. The Kier molecular flexibility index (Phi) is 4.10. The molecule has 0 heterocycles. The van der Waals surface area contributed by atoms with Crippen molar-refractivity contribution >= 4 is 5.78 Å². The van der Waals surface area contributed by atoms with E-state index in [4.69, 9.17) is 15.2 Å². The minimum atomic E-state index is -0.752. The molecule has 4 nitrogen and oxygen atoms in total. The topological polar surface area (TPSA) is 61.5 Å². The van der Waals surface area contributed by atoms with Crippen LogP contribution in [-0.4, -0.2) is 25.5 Å². The molecule has 0 unspecified atom stereocenters. The second kappa shape index (κ2) is 5.61. The summed E-state index contributed by atoms with van der Waals surface area (Å²) in [7, 11) is 3.14. The van der Waals surface area contributed by atoms with Gasteiger partial charge < -0.3 is 15.2 Å². The van der Waals surface area contributed by atoms with Crippen LogP contribution in [0.1, 0.15) is 42.5 Å². The summed E-state index contributed by atoms with van der Waals surface area (Å²) >= 11 is 0. The number of benzene rings is 1. The fourth-order valence-electron chi connectivity index (χ4n) is 2.67. The smallest absolute Gasteiger partial charge is 0.186 e. The fourth-order valence-corrected chi connectivity index (χ4v) is 2.67. The molecule has 0 atom stereocenters. The van der Waals surface area contributed by atoms with E-state index in [0.29, 0.717) is 17.1 Å². The number of methoxy groups -OCH3 is 2. The standard InChI is InChI=1S/C15H21NO3/c1-18-11-6-7-13(19-2)12(10-11)14(17)15(16)8-4-3-5-9-15/h6-7,10H,3-5,8-9,16H2,1-2H3. The summed E-state index contributed by atoms with van der Waals surface area (Å²) in [6.45, 7) is 0. The Morgan fingerprint density at radius 2 is 1.84 bits per heavy atom. The van der Waals surface area contributed by atoms with Gasteiger partial charge in [-0.05, 0) is 31.0 Å². The second-order valence-electron chi connectivity index (χ2n) is 5.11. The SMILES string of the molecule is COc1ccc(OC)c(C(=O)C2(N)CCCCC2)c1. The van der Waals surface area contributed by atoms with Crippen LogP contribution < -0.4 is 15.2 Å². The second-order valence-corrected chi connectivity index (χ2v) is 5.11. The van der Waals surface area contributed by atoms with Gasteiger partial charge in [-0.25, -0.2) is 0 Å². The minimum absolute atomic E-state index is 0.0389. The third kappa shape index (κ3) is 2.73. The summed E-state index contributed by atoms with van der Waals surface area (Å²) < 4.78 is 10.4. The first-order chi connectivity index (χ1) is 9.10. The first kappa shape index (κ1) is 13.9. The van der Waals surface area contributed by atoms with Gasteiger partial charge in [0, 0.05) is 0 Å². The zero-order chi connectivity index (χ0) is 13.9. The van der Waals surface area contributed by atoms with Crippen LogP contribution in [0.2, 0.25) is 0 Å². The predicted molar refractivity (Wildman–Crippen MR) is 73.9 cm³/mol. The van der Waals surface area contributed by atoms with Crippen LogP contribution in [0.4, 0.5) is 0 Å². The van der Waals surface area contributed by atoms with Crippen molar-refractivity contribution in [3.63, 3.8) is 0 Å². The first-order valence-electron chi connectivity index (χ1n) is 6.66. The maximum absolute atomic E-state index is 12.7. The molecule has 4 heteroatoms. The molecule has 0 spiro atoms. The Balaban J connectivity index is 2.36. The highest BCUT2D eigenvalue weighted by molar-refractivity contribution is 6.05. The van der Waals surface area contributed by atoms with Gasteiger partial charge in [-0.15, -0.1) is 0 Å². The molecule has 1 aliphatic carbocycles. The minimum Gasteiger partial charge on any atom is -0.497 e. The maximum atomic E-state index is 12.7. The summed E-state index contributed by atoms with van der Waals surface area (Å²) in [5.74, 6) is 1.16. The van der Waals surface area contributed by atoms with E-state index in [0.717, 1.165) is 32.1 Å². The average Bonchev–Trinajstić information content (AvgIpc) is 2.46. The van der Waals surface area contributed by atoms with E-state index in [1.165, 1.54) is 0 Å². The summed E-state index contributed by atoms with van der Waals surface area (Å²) in [6, 6.07) is 5.24.